The molecule has 0 bridgehead atoms. The summed E-state index contributed by atoms with van der Waals surface area (Å²) in [6.07, 6.45) is 0. The molecule has 0 heterocycles. The normalized spacial score (nSPS) is 10.5. The molecule has 0 fully saturated rings. The highest BCUT2D eigenvalue weighted by atomic mass is 35.5. The quantitative estimate of drug-likeness (QED) is 0.365. The molecule has 0 spiro atoms. The second kappa shape index (κ2) is 11.0. The van der Waals surface area contributed by atoms with Gasteiger partial charge in [0.1, 0.15) is 12.4 Å². The van der Waals surface area contributed by atoms with Gasteiger partial charge in [-0.25, -0.2) is 0 Å². The molecule has 0 aliphatic heterocycles. The lowest BCUT2D eigenvalue weighted by atomic mass is 10.2. The van der Waals surface area contributed by atoms with Crippen LogP contribution in [0, 0.1) is 0 Å². The Morgan fingerprint density at radius 3 is 2.13 bits per heavy atom. The lowest BCUT2D eigenvalue weighted by molar-refractivity contribution is 0.269. The van der Waals surface area contributed by atoms with Crippen LogP contribution in [0.5, 0.6) is 17.2 Å². The topological polar surface area (TPSA) is 39.7 Å². The Morgan fingerprint density at radius 1 is 0.767 bits per heavy atom. The molecule has 1 N–H and O–H groups in total. The van der Waals surface area contributed by atoms with Crippen molar-refractivity contribution in [1.82, 2.24) is 0 Å². The first-order valence-electron chi connectivity index (χ1n) is 9.88. The highest BCUT2D eigenvalue weighted by Crippen LogP contribution is 2.37. The zero-order valence-corrected chi connectivity index (χ0v) is 18.6. The third-order valence-electron chi connectivity index (χ3n) is 4.33. The van der Waals surface area contributed by atoms with E-state index in [-0.39, 0.29) is 0 Å². The van der Waals surface area contributed by atoms with Crippen LogP contribution in [0.15, 0.2) is 60.7 Å². The Labute approximate surface area is 187 Å². The second-order valence-electron chi connectivity index (χ2n) is 6.56. The van der Waals surface area contributed by atoms with Crippen molar-refractivity contribution in [1.29, 1.82) is 0 Å². The summed E-state index contributed by atoms with van der Waals surface area (Å²) in [5.74, 6) is 2.02. The summed E-state index contributed by atoms with van der Waals surface area (Å²) in [6, 6.07) is 19.2. The minimum atomic E-state index is 0.376. The number of halogens is 2. The first-order valence-corrected chi connectivity index (χ1v) is 10.6. The van der Waals surface area contributed by atoms with Crippen molar-refractivity contribution in [2.45, 2.75) is 27.0 Å². The maximum Gasteiger partial charge on any atom is 0.180 e. The van der Waals surface area contributed by atoms with Gasteiger partial charge in [0, 0.05) is 17.3 Å². The molecule has 158 valence electrons. The maximum absolute atomic E-state index is 6.53. The van der Waals surface area contributed by atoms with Gasteiger partial charge in [0.15, 0.2) is 11.5 Å². The van der Waals surface area contributed by atoms with E-state index in [2.05, 4.69) is 5.32 Å². The SMILES string of the molecule is CCOc1ccc(NCc2cc(Cl)c(OCc3ccc(Cl)cc3)c(OCC)c2)cc1. The fraction of sp³-hybridized carbons (Fsp3) is 0.250. The van der Waals surface area contributed by atoms with Gasteiger partial charge in [-0.2, -0.15) is 0 Å². The van der Waals surface area contributed by atoms with Crippen molar-refractivity contribution < 1.29 is 14.2 Å². The number of rotatable bonds is 10. The summed E-state index contributed by atoms with van der Waals surface area (Å²) < 4.78 is 17.2. The van der Waals surface area contributed by atoms with E-state index >= 15 is 0 Å². The van der Waals surface area contributed by atoms with Crippen LogP contribution in [0.3, 0.4) is 0 Å². The van der Waals surface area contributed by atoms with Crippen molar-refractivity contribution in [3.63, 3.8) is 0 Å². The smallest absolute Gasteiger partial charge is 0.180 e. The van der Waals surface area contributed by atoms with Crippen molar-refractivity contribution in [3.05, 3.63) is 81.8 Å². The maximum atomic E-state index is 6.53. The van der Waals surface area contributed by atoms with Crippen LogP contribution in [-0.4, -0.2) is 13.2 Å². The van der Waals surface area contributed by atoms with Crippen LogP contribution >= 0.6 is 23.2 Å². The van der Waals surface area contributed by atoms with Crippen molar-refractivity contribution in [3.8, 4) is 17.2 Å². The van der Waals surface area contributed by atoms with Gasteiger partial charge in [-0.15, -0.1) is 0 Å². The number of hydrogen-bond acceptors (Lipinski definition) is 4. The van der Waals surface area contributed by atoms with Crippen molar-refractivity contribution in [2.75, 3.05) is 18.5 Å². The third-order valence-corrected chi connectivity index (χ3v) is 4.86. The van der Waals surface area contributed by atoms with Crippen LogP contribution in [-0.2, 0) is 13.2 Å². The number of hydrogen-bond donors (Lipinski definition) is 1. The minimum absolute atomic E-state index is 0.376. The van der Waals surface area contributed by atoms with E-state index in [1.807, 2.05) is 74.5 Å². The molecule has 0 aliphatic rings. The zero-order valence-electron chi connectivity index (χ0n) is 17.1. The van der Waals surface area contributed by atoms with E-state index in [9.17, 15) is 0 Å². The summed E-state index contributed by atoms with van der Waals surface area (Å²) in [5.41, 5.74) is 2.99. The number of nitrogens with one attached hydrogen (secondary N) is 1. The van der Waals surface area contributed by atoms with Crippen LogP contribution in [0.1, 0.15) is 25.0 Å². The summed E-state index contributed by atoms with van der Waals surface area (Å²) in [6.45, 7) is 6.05. The Hall–Kier alpha value is -2.56. The predicted molar refractivity (Wildman–Crippen MR) is 123 cm³/mol. The van der Waals surface area contributed by atoms with Gasteiger partial charge in [0.2, 0.25) is 0 Å². The number of ether oxygens (including phenoxy) is 3. The second-order valence-corrected chi connectivity index (χ2v) is 7.41. The van der Waals surface area contributed by atoms with E-state index in [0.29, 0.717) is 47.9 Å². The molecule has 30 heavy (non-hydrogen) atoms. The van der Waals surface area contributed by atoms with Gasteiger partial charge >= 0.3 is 0 Å². The molecular weight excluding hydrogens is 421 g/mol. The fourth-order valence-electron chi connectivity index (χ4n) is 2.90. The number of anilines is 1. The van der Waals surface area contributed by atoms with E-state index in [1.165, 1.54) is 0 Å². The van der Waals surface area contributed by atoms with E-state index in [1.54, 1.807) is 0 Å². The Kier molecular flexibility index (Phi) is 8.12. The molecule has 4 nitrogen and oxygen atoms in total. The summed E-state index contributed by atoms with van der Waals surface area (Å²) in [5, 5.41) is 4.59. The number of benzene rings is 3. The molecule has 3 aromatic carbocycles. The molecule has 0 aliphatic carbocycles. The highest BCUT2D eigenvalue weighted by molar-refractivity contribution is 6.32. The monoisotopic (exact) mass is 445 g/mol. The highest BCUT2D eigenvalue weighted by Gasteiger charge is 2.13. The van der Waals surface area contributed by atoms with Gasteiger partial charge in [-0.1, -0.05) is 35.3 Å². The fourth-order valence-corrected chi connectivity index (χ4v) is 3.32. The molecule has 0 unspecified atom stereocenters. The molecule has 0 amide bonds. The molecule has 0 saturated heterocycles. The van der Waals surface area contributed by atoms with Crippen LogP contribution < -0.4 is 19.5 Å². The van der Waals surface area contributed by atoms with Crippen molar-refractivity contribution in [2.24, 2.45) is 0 Å². The van der Waals surface area contributed by atoms with E-state index < -0.39 is 0 Å². The largest absolute Gasteiger partial charge is 0.494 e. The Bertz CT molecular complexity index is 944. The molecule has 3 rings (SSSR count). The predicted octanol–water partition coefficient (Wildman–Crippen LogP) is 6.98. The summed E-state index contributed by atoms with van der Waals surface area (Å²) in [7, 11) is 0. The van der Waals surface area contributed by atoms with Gasteiger partial charge in [0.25, 0.3) is 0 Å². The molecule has 0 aromatic heterocycles. The van der Waals surface area contributed by atoms with E-state index in [4.69, 9.17) is 37.4 Å². The van der Waals surface area contributed by atoms with Gasteiger partial charge < -0.3 is 19.5 Å². The van der Waals surface area contributed by atoms with E-state index in [0.717, 1.165) is 22.6 Å². The van der Waals surface area contributed by atoms with Gasteiger partial charge in [-0.05, 0) is 73.5 Å². The zero-order chi connectivity index (χ0) is 21.3. The first kappa shape index (κ1) is 22.1. The van der Waals surface area contributed by atoms with Gasteiger partial charge in [-0.3, -0.25) is 0 Å². The molecule has 0 radical (unpaired) electrons. The summed E-state index contributed by atoms with van der Waals surface area (Å²) in [4.78, 5) is 0. The Balaban J connectivity index is 1.69. The van der Waals surface area contributed by atoms with Crippen LogP contribution in [0.25, 0.3) is 0 Å². The molecule has 0 atom stereocenters. The minimum Gasteiger partial charge on any atom is -0.494 e. The molecular formula is C24H25Cl2NO3. The summed E-state index contributed by atoms with van der Waals surface area (Å²) >= 11 is 12.5. The average Bonchev–Trinajstić information content (AvgIpc) is 2.74. The van der Waals surface area contributed by atoms with Gasteiger partial charge in [0.05, 0.1) is 18.2 Å². The Morgan fingerprint density at radius 2 is 1.47 bits per heavy atom. The van der Waals surface area contributed by atoms with Crippen molar-refractivity contribution >= 4 is 28.9 Å². The van der Waals surface area contributed by atoms with Crippen LogP contribution in [0.2, 0.25) is 10.0 Å². The standard InChI is InChI=1S/C24H25Cl2NO3/c1-3-28-21-11-9-20(10-12-21)27-15-18-13-22(26)24(23(14-18)29-4-2)30-16-17-5-7-19(25)8-6-17/h5-14,27H,3-4,15-16H2,1-2H3. The molecule has 3 aromatic rings. The lowest BCUT2D eigenvalue weighted by Crippen LogP contribution is -2.04. The molecule has 0 saturated carbocycles. The first-order chi connectivity index (χ1) is 14.6. The average molecular weight is 446 g/mol. The molecule has 6 heteroatoms. The van der Waals surface area contributed by atoms with Crippen LogP contribution in [0.4, 0.5) is 5.69 Å². The lowest BCUT2D eigenvalue weighted by Gasteiger charge is -2.16. The third kappa shape index (κ3) is 6.22.